The quantitative estimate of drug-likeness (QED) is 0.673. The average molecular weight is 227 g/mol. The van der Waals surface area contributed by atoms with Crippen molar-refractivity contribution in [2.75, 3.05) is 20.6 Å². The Hall–Kier alpha value is -1.89. The molecule has 1 rings (SSSR count). The van der Waals surface area contributed by atoms with Crippen LogP contribution in [0.25, 0.3) is 0 Å². The van der Waals surface area contributed by atoms with Crippen molar-refractivity contribution in [3.8, 4) is 0 Å². The lowest BCUT2D eigenvalue weighted by atomic mass is 10.3. The molecule has 0 saturated carbocycles. The van der Waals surface area contributed by atoms with Crippen molar-refractivity contribution in [3.05, 3.63) is 32.6 Å². The van der Waals surface area contributed by atoms with E-state index in [-0.39, 0.29) is 0 Å². The predicted octanol–water partition coefficient (Wildman–Crippen LogP) is -1.20. The van der Waals surface area contributed by atoms with Crippen molar-refractivity contribution in [1.29, 1.82) is 0 Å². The lowest BCUT2D eigenvalue weighted by Crippen LogP contribution is -2.35. The second kappa shape index (κ2) is 4.75. The van der Waals surface area contributed by atoms with E-state index in [1.807, 2.05) is 24.0 Å². The number of hydrogen-bond donors (Lipinski definition) is 2. The number of hydrogen-bond acceptors (Lipinski definition) is 4. The average Bonchev–Trinajstić information content (AvgIpc) is 2.15. The molecular weight excluding hydrogens is 214 g/mol. The van der Waals surface area contributed by atoms with Crippen LogP contribution in [-0.4, -0.2) is 46.2 Å². The number of likely N-dealkylation sites (N-methyl/N-ethyl adjacent to an activating group) is 1. The molecule has 0 saturated heterocycles. The minimum atomic E-state index is -1.35. The summed E-state index contributed by atoms with van der Waals surface area (Å²) < 4.78 is 1.17. The van der Waals surface area contributed by atoms with Crippen molar-refractivity contribution in [2.24, 2.45) is 0 Å². The van der Waals surface area contributed by atoms with Crippen molar-refractivity contribution >= 4 is 5.97 Å². The zero-order chi connectivity index (χ0) is 12.3. The van der Waals surface area contributed by atoms with Gasteiger partial charge in [0.05, 0.1) is 0 Å². The van der Waals surface area contributed by atoms with Gasteiger partial charge >= 0.3 is 11.7 Å². The third kappa shape index (κ3) is 2.80. The molecule has 0 aliphatic rings. The lowest BCUT2D eigenvalue weighted by Gasteiger charge is -2.10. The smallest absolute Gasteiger partial charge is 0.342 e. The zero-order valence-electron chi connectivity index (χ0n) is 9.06. The highest BCUT2D eigenvalue weighted by Crippen LogP contribution is 1.88. The number of rotatable bonds is 4. The first-order valence-corrected chi connectivity index (χ1v) is 4.63. The van der Waals surface area contributed by atoms with Crippen molar-refractivity contribution in [3.63, 3.8) is 0 Å². The zero-order valence-corrected chi connectivity index (χ0v) is 9.06. The van der Waals surface area contributed by atoms with Gasteiger partial charge < -0.3 is 10.0 Å². The normalized spacial score (nSPS) is 10.7. The fraction of sp³-hybridized carbons (Fsp3) is 0.444. The number of H-pyrrole nitrogens is 1. The summed E-state index contributed by atoms with van der Waals surface area (Å²) in [7, 11) is 3.66. The van der Waals surface area contributed by atoms with Gasteiger partial charge in [-0.25, -0.2) is 9.59 Å². The first-order chi connectivity index (χ1) is 7.41. The fourth-order valence-corrected chi connectivity index (χ4v) is 1.14. The van der Waals surface area contributed by atoms with E-state index in [1.54, 1.807) is 0 Å². The maximum atomic E-state index is 11.3. The summed E-state index contributed by atoms with van der Waals surface area (Å²) in [6, 6.07) is 0. The van der Waals surface area contributed by atoms with Gasteiger partial charge in [0.2, 0.25) is 0 Å². The Morgan fingerprint density at radius 3 is 2.62 bits per heavy atom. The Labute approximate surface area is 90.9 Å². The molecule has 7 heteroatoms. The lowest BCUT2D eigenvalue weighted by molar-refractivity contribution is 0.0693. The number of aromatic carboxylic acids is 1. The fourth-order valence-electron chi connectivity index (χ4n) is 1.14. The largest absolute Gasteiger partial charge is 0.477 e. The third-order valence-electron chi connectivity index (χ3n) is 2.03. The van der Waals surface area contributed by atoms with Gasteiger partial charge in [-0.2, -0.15) is 0 Å². The molecule has 0 fully saturated rings. The van der Waals surface area contributed by atoms with E-state index in [4.69, 9.17) is 5.11 Å². The van der Waals surface area contributed by atoms with E-state index in [0.717, 1.165) is 6.20 Å². The minimum Gasteiger partial charge on any atom is -0.477 e. The molecule has 1 heterocycles. The number of carboxylic acid groups (broad SMARTS) is 1. The van der Waals surface area contributed by atoms with Crippen molar-refractivity contribution in [2.45, 2.75) is 6.54 Å². The summed E-state index contributed by atoms with van der Waals surface area (Å²) in [5.74, 6) is -1.35. The molecule has 0 radical (unpaired) electrons. The molecule has 16 heavy (non-hydrogen) atoms. The van der Waals surface area contributed by atoms with E-state index in [1.165, 1.54) is 4.57 Å². The maximum absolute atomic E-state index is 11.3. The molecule has 7 nitrogen and oxygen atoms in total. The first kappa shape index (κ1) is 12.2. The number of carboxylic acids is 1. The van der Waals surface area contributed by atoms with Crippen LogP contribution < -0.4 is 11.2 Å². The van der Waals surface area contributed by atoms with E-state index >= 15 is 0 Å². The summed E-state index contributed by atoms with van der Waals surface area (Å²) in [6.07, 6.45) is 1.06. The monoisotopic (exact) mass is 227 g/mol. The highest BCUT2D eigenvalue weighted by atomic mass is 16.4. The molecule has 0 aliphatic carbocycles. The van der Waals surface area contributed by atoms with Crippen LogP contribution in [-0.2, 0) is 6.54 Å². The number of aromatic amines is 1. The molecule has 0 spiro atoms. The van der Waals surface area contributed by atoms with Crippen LogP contribution >= 0.6 is 0 Å². The van der Waals surface area contributed by atoms with Crippen LogP contribution in [0.4, 0.5) is 0 Å². The Kier molecular flexibility index (Phi) is 3.62. The van der Waals surface area contributed by atoms with Gasteiger partial charge in [0, 0.05) is 19.3 Å². The van der Waals surface area contributed by atoms with Crippen molar-refractivity contribution < 1.29 is 9.90 Å². The third-order valence-corrected chi connectivity index (χ3v) is 2.03. The summed E-state index contributed by atoms with van der Waals surface area (Å²) in [4.78, 5) is 36.9. The molecule has 1 aromatic heterocycles. The van der Waals surface area contributed by atoms with Gasteiger partial charge in [0.15, 0.2) is 0 Å². The predicted molar refractivity (Wildman–Crippen MR) is 56.8 cm³/mol. The van der Waals surface area contributed by atoms with E-state index in [2.05, 4.69) is 0 Å². The Balaban J connectivity index is 3.10. The molecule has 88 valence electrons. The van der Waals surface area contributed by atoms with E-state index in [0.29, 0.717) is 13.1 Å². The summed E-state index contributed by atoms with van der Waals surface area (Å²) >= 11 is 0. The van der Waals surface area contributed by atoms with Gasteiger partial charge in [-0.3, -0.25) is 14.3 Å². The molecule has 0 unspecified atom stereocenters. The van der Waals surface area contributed by atoms with Crippen LogP contribution in [0.15, 0.2) is 15.8 Å². The van der Waals surface area contributed by atoms with Gasteiger partial charge in [0.25, 0.3) is 5.56 Å². The number of nitrogens with one attached hydrogen (secondary N) is 1. The first-order valence-electron chi connectivity index (χ1n) is 4.63. The van der Waals surface area contributed by atoms with Crippen molar-refractivity contribution in [1.82, 2.24) is 14.5 Å². The van der Waals surface area contributed by atoms with Crippen LogP contribution in [0, 0.1) is 0 Å². The van der Waals surface area contributed by atoms with E-state index in [9.17, 15) is 14.4 Å². The topological polar surface area (TPSA) is 95.4 Å². The van der Waals surface area contributed by atoms with Crippen LogP contribution in [0.3, 0.4) is 0 Å². The Morgan fingerprint density at radius 1 is 1.50 bits per heavy atom. The molecule has 0 amide bonds. The van der Waals surface area contributed by atoms with Crippen LogP contribution in [0.5, 0.6) is 0 Å². The molecule has 2 N–H and O–H groups in total. The second-order valence-electron chi connectivity index (χ2n) is 3.60. The molecule has 0 atom stereocenters. The van der Waals surface area contributed by atoms with Gasteiger partial charge in [0.1, 0.15) is 5.56 Å². The second-order valence-corrected chi connectivity index (χ2v) is 3.60. The number of aromatic nitrogens is 2. The highest BCUT2D eigenvalue weighted by Gasteiger charge is 2.11. The van der Waals surface area contributed by atoms with Gasteiger partial charge in [-0.1, -0.05) is 0 Å². The van der Waals surface area contributed by atoms with Gasteiger partial charge in [-0.15, -0.1) is 0 Å². The number of carbonyl (C=O) groups is 1. The highest BCUT2D eigenvalue weighted by molar-refractivity contribution is 5.86. The van der Waals surface area contributed by atoms with Crippen LogP contribution in [0.2, 0.25) is 0 Å². The number of nitrogens with zero attached hydrogens (tertiary/aromatic N) is 2. The Morgan fingerprint density at radius 2 is 2.12 bits per heavy atom. The molecular formula is C9H13N3O4. The van der Waals surface area contributed by atoms with Crippen LogP contribution in [0.1, 0.15) is 10.4 Å². The summed E-state index contributed by atoms with van der Waals surface area (Å²) in [5, 5.41) is 8.71. The summed E-state index contributed by atoms with van der Waals surface area (Å²) in [6.45, 7) is 0.897. The van der Waals surface area contributed by atoms with Gasteiger partial charge in [-0.05, 0) is 14.1 Å². The molecule has 1 aromatic rings. The molecule has 0 aromatic carbocycles. The molecule has 0 bridgehead atoms. The maximum Gasteiger partial charge on any atom is 0.342 e. The summed E-state index contributed by atoms with van der Waals surface area (Å²) in [5.41, 5.74) is -1.91. The molecule has 0 aliphatic heterocycles. The standard InChI is InChI=1S/C9H13N3O4/c1-11(2)3-4-12-5-6(8(14)15)7(13)10-9(12)16/h5H,3-4H2,1-2H3,(H,14,15)(H,10,13,16). The SMILES string of the molecule is CN(C)CCn1cc(C(=O)O)c(=O)[nH]c1=O. The Bertz CT molecular complexity index is 500. The minimum absolute atomic E-state index is 0.322. The van der Waals surface area contributed by atoms with E-state index < -0.39 is 22.8 Å².